The van der Waals surface area contributed by atoms with Crippen LogP contribution >= 0.6 is 0 Å². The summed E-state index contributed by atoms with van der Waals surface area (Å²) in [6, 6.07) is 8.40. The zero-order valence-corrected chi connectivity index (χ0v) is 14.2. The minimum Gasteiger partial charge on any atom is -0.400 e. The highest BCUT2D eigenvalue weighted by molar-refractivity contribution is 5.43. The number of nitrogens with zero attached hydrogens (tertiary/aromatic N) is 2. The van der Waals surface area contributed by atoms with Crippen LogP contribution in [0.1, 0.15) is 36.5 Å². The number of nitriles is 1. The van der Waals surface area contributed by atoms with Crippen LogP contribution < -0.4 is 16.9 Å². The van der Waals surface area contributed by atoms with Crippen molar-refractivity contribution in [3.63, 3.8) is 0 Å². The standard InChI is InChI=1S/C18H25N5O/c1-12-8-18(9-17(22-12)16(20)11-23(2)21)15-7-13(10-19)3-4-14(15)5-6-24-18/h3-4,7,11-12,17,22H,5-6,8-9,20-21H2,1-2H3/b16-11-/t12-,17-,18?/m0/s1. The molecule has 1 aromatic carbocycles. The van der Waals surface area contributed by atoms with Gasteiger partial charge in [-0.1, -0.05) is 6.07 Å². The number of hydrogen-bond acceptors (Lipinski definition) is 6. The fraction of sp³-hybridized carbons (Fsp3) is 0.500. The van der Waals surface area contributed by atoms with Crippen LogP contribution in [0.15, 0.2) is 30.1 Å². The summed E-state index contributed by atoms with van der Waals surface area (Å²) in [5.74, 6) is 5.70. The molecular weight excluding hydrogens is 302 g/mol. The molecule has 0 radical (unpaired) electrons. The smallest absolute Gasteiger partial charge is 0.0991 e. The third-order valence-corrected chi connectivity index (χ3v) is 4.89. The predicted octanol–water partition coefficient (Wildman–Crippen LogP) is 1.07. The summed E-state index contributed by atoms with van der Waals surface area (Å²) in [6.07, 6.45) is 4.21. The zero-order valence-electron chi connectivity index (χ0n) is 14.2. The molecule has 2 heterocycles. The molecule has 0 bridgehead atoms. The van der Waals surface area contributed by atoms with Gasteiger partial charge in [-0.05, 0) is 43.0 Å². The van der Waals surface area contributed by atoms with E-state index >= 15 is 0 Å². The van der Waals surface area contributed by atoms with Crippen molar-refractivity contribution in [3.8, 4) is 6.07 Å². The maximum absolute atomic E-state index is 9.27. The zero-order chi connectivity index (χ0) is 17.3. The Morgan fingerprint density at radius 2 is 2.29 bits per heavy atom. The summed E-state index contributed by atoms with van der Waals surface area (Å²) in [5, 5.41) is 14.3. The summed E-state index contributed by atoms with van der Waals surface area (Å²) in [5.41, 5.74) is 9.62. The molecule has 1 aromatic rings. The molecule has 1 unspecified atom stereocenters. The molecule has 5 N–H and O–H groups in total. The summed E-state index contributed by atoms with van der Waals surface area (Å²) >= 11 is 0. The number of nitrogens with two attached hydrogens (primary N) is 2. The van der Waals surface area contributed by atoms with Crippen LogP contribution in [0.2, 0.25) is 0 Å². The van der Waals surface area contributed by atoms with Crippen LogP contribution in [-0.2, 0) is 16.8 Å². The molecule has 3 rings (SSSR count). The summed E-state index contributed by atoms with van der Waals surface area (Å²) in [7, 11) is 1.75. The van der Waals surface area contributed by atoms with Gasteiger partial charge in [-0.2, -0.15) is 5.26 Å². The van der Waals surface area contributed by atoms with Gasteiger partial charge in [0.05, 0.1) is 29.9 Å². The fourth-order valence-corrected chi connectivity index (χ4v) is 3.97. The fourth-order valence-electron chi connectivity index (χ4n) is 3.97. The Labute approximate surface area is 143 Å². The maximum Gasteiger partial charge on any atom is 0.0991 e. The van der Waals surface area contributed by atoms with Gasteiger partial charge in [-0.3, -0.25) is 0 Å². The molecule has 24 heavy (non-hydrogen) atoms. The van der Waals surface area contributed by atoms with Crippen molar-refractivity contribution in [2.45, 2.75) is 43.9 Å². The van der Waals surface area contributed by atoms with E-state index in [1.807, 2.05) is 12.1 Å². The van der Waals surface area contributed by atoms with E-state index in [4.69, 9.17) is 16.3 Å². The number of rotatable bonds is 2. The van der Waals surface area contributed by atoms with Gasteiger partial charge in [0.2, 0.25) is 0 Å². The van der Waals surface area contributed by atoms with Crippen LogP contribution in [0.4, 0.5) is 0 Å². The summed E-state index contributed by atoms with van der Waals surface area (Å²) in [6.45, 7) is 2.83. The van der Waals surface area contributed by atoms with Crippen molar-refractivity contribution in [1.82, 2.24) is 10.3 Å². The number of piperidine rings is 1. The second-order valence-electron chi connectivity index (χ2n) is 6.90. The van der Waals surface area contributed by atoms with Crippen molar-refractivity contribution < 1.29 is 4.74 Å². The van der Waals surface area contributed by atoms with Gasteiger partial charge in [0.15, 0.2) is 0 Å². The lowest BCUT2D eigenvalue weighted by Gasteiger charge is -2.47. The molecule has 6 heteroatoms. The monoisotopic (exact) mass is 327 g/mol. The number of nitrogens with one attached hydrogen (secondary N) is 1. The van der Waals surface area contributed by atoms with E-state index in [0.29, 0.717) is 17.9 Å². The average Bonchev–Trinajstić information content (AvgIpc) is 2.53. The Balaban J connectivity index is 2.00. The van der Waals surface area contributed by atoms with Crippen molar-refractivity contribution in [3.05, 3.63) is 46.8 Å². The molecule has 0 amide bonds. The van der Waals surface area contributed by atoms with Crippen LogP contribution in [0.5, 0.6) is 0 Å². The lowest BCUT2D eigenvalue weighted by atomic mass is 9.74. The van der Waals surface area contributed by atoms with Crippen LogP contribution in [0.3, 0.4) is 0 Å². The molecule has 3 atom stereocenters. The van der Waals surface area contributed by atoms with E-state index in [1.165, 1.54) is 10.6 Å². The van der Waals surface area contributed by atoms with Crippen molar-refractivity contribution in [2.24, 2.45) is 11.6 Å². The number of benzene rings is 1. The van der Waals surface area contributed by atoms with Crippen molar-refractivity contribution >= 4 is 0 Å². The molecule has 1 fully saturated rings. The van der Waals surface area contributed by atoms with Crippen LogP contribution in [0.25, 0.3) is 0 Å². The lowest BCUT2D eigenvalue weighted by Crippen LogP contribution is -2.55. The predicted molar refractivity (Wildman–Crippen MR) is 92.3 cm³/mol. The lowest BCUT2D eigenvalue weighted by molar-refractivity contribution is -0.0950. The van der Waals surface area contributed by atoms with Gasteiger partial charge in [-0.25, -0.2) is 5.84 Å². The highest BCUT2D eigenvalue weighted by Gasteiger charge is 2.45. The molecular formula is C18H25N5O. The second kappa shape index (κ2) is 6.44. The van der Waals surface area contributed by atoms with Gasteiger partial charge >= 0.3 is 0 Å². The Bertz CT molecular complexity index is 693. The molecule has 0 saturated carbocycles. The SMILES string of the molecule is C[C@H]1CC2(C[C@@H](/C(N)=C/N(C)N)N1)OCCc1ccc(C#N)cc12. The van der Waals surface area contributed by atoms with E-state index in [-0.39, 0.29) is 12.1 Å². The largest absolute Gasteiger partial charge is 0.400 e. The van der Waals surface area contributed by atoms with Gasteiger partial charge in [-0.15, -0.1) is 0 Å². The third-order valence-electron chi connectivity index (χ3n) is 4.89. The van der Waals surface area contributed by atoms with E-state index in [0.717, 1.165) is 24.8 Å². The first-order valence-corrected chi connectivity index (χ1v) is 8.32. The Morgan fingerprint density at radius 3 is 3.00 bits per heavy atom. The highest BCUT2D eigenvalue weighted by atomic mass is 16.5. The van der Waals surface area contributed by atoms with Crippen molar-refractivity contribution in [2.75, 3.05) is 13.7 Å². The van der Waals surface area contributed by atoms with E-state index < -0.39 is 5.60 Å². The molecule has 1 spiro atoms. The Kier molecular flexibility index (Phi) is 4.50. The topological polar surface area (TPSA) is 100 Å². The molecule has 0 aliphatic carbocycles. The normalized spacial score (nSPS) is 29.8. The average molecular weight is 327 g/mol. The van der Waals surface area contributed by atoms with Crippen molar-refractivity contribution in [1.29, 1.82) is 5.26 Å². The van der Waals surface area contributed by atoms with Gasteiger partial charge in [0.1, 0.15) is 0 Å². The number of fused-ring (bicyclic) bond motifs is 2. The van der Waals surface area contributed by atoms with Gasteiger partial charge in [0.25, 0.3) is 0 Å². The first-order valence-electron chi connectivity index (χ1n) is 8.32. The maximum atomic E-state index is 9.27. The van der Waals surface area contributed by atoms with Gasteiger partial charge < -0.3 is 20.8 Å². The Morgan fingerprint density at radius 1 is 1.50 bits per heavy atom. The summed E-state index contributed by atoms with van der Waals surface area (Å²) in [4.78, 5) is 0. The summed E-state index contributed by atoms with van der Waals surface area (Å²) < 4.78 is 6.31. The molecule has 6 nitrogen and oxygen atoms in total. The van der Waals surface area contributed by atoms with Gasteiger partial charge in [0, 0.05) is 31.4 Å². The Hall–Kier alpha value is -2.07. The quantitative estimate of drug-likeness (QED) is 0.555. The molecule has 0 aromatic heterocycles. The van der Waals surface area contributed by atoms with E-state index in [1.54, 1.807) is 13.2 Å². The first kappa shape index (κ1) is 16.8. The first-order chi connectivity index (χ1) is 11.4. The molecule has 128 valence electrons. The van der Waals surface area contributed by atoms with Crippen LogP contribution in [0, 0.1) is 11.3 Å². The molecule has 2 aliphatic rings. The number of hydrogen-bond donors (Lipinski definition) is 3. The number of ether oxygens (including phenoxy) is 1. The molecule has 2 aliphatic heterocycles. The van der Waals surface area contributed by atoms with E-state index in [2.05, 4.69) is 24.4 Å². The minimum absolute atomic E-state index is 0.0172. The highest BCUT2D eigenvalue weighted by Crippen LogP contribution is 2.44. The van der Waals surface area contributed by atoms with Crippen LogP contribution in [-0.4, -0.2) is 30.7 Å². The second-order valence-corrected chi connectivity index (χ2v) is 6.90. The molecule has 1 saturated heterocycles. The number of hydrazine groups is 1. The minimum atomic E-state index is -0.401. The third kappa shape index (κ3) is 3.11. The van der Waals surface area contributed by atoms with E-state index in [9.17, 15) is 5.26 Å².